The molecule has 0 fully saturated rings. The van der Waals surface area contributed by atoms with Crippen molar-refractivity contribution < 1.29 is 18.3 Å². The first-order valence-corrected chi connectivity index (χ1v) is 5.18. The van der Waals surface area contributed by atoms with E-state index in [2.05, 4.69) is 9.72 Å². The first-order valence-electron chi connectivity index (χ1n) is 4.81. The molecule has 0 aliphatic heterocycles. The summed E-state index contributed by atoms with van der Waals surface area (Å²) >= 11 is 5.46. The maximum atomic E-state index is 12.6. The van der Waals surface area contributed by atoms with E-state index in [0.717, 1.165) is 6.07 Å². The Labute approximate surface area is 101 Å². The molecule has 1 heterocycles. The lowest BCUT2D eigenvalue weighted by Crippen LogP contribution is -2.19. The van der Waals surface area contributed by atoms with Crippen molar-refractivity contribution in [3.8, 4) is 0 Å². The number of hydrogen-bond donors (Lipinski definition) is 1. The number of rotatable bonds is 4. The second-order valence-corrected chi connectivity index (χ2v) is 3.56. The first-order chi connectivity index (χ1) is 7.95. The highest BCUT2D eigenvalue weighted by molar-refractivity contribution is 6.29. The van der Waals surface area contributed by atoms with Crippen molar-refractivity contribution in [2.75, 3.05) is 6.61 Å². The van der Waals surface area contributed by atoms with Crippen LogP contribution in [-0.4, -0.2) is 17.6 Å². The highest BCUT2D eigenvalue weighted by Crippen LogP contribution is 2.20. The van der Waals surface area contributed by atoms with Gasteiger partial charge in [0, 0.05) is 11.6 Å². The molecule has 94 valence electrons. The number of carbonyl (C=O) groups is 1. The number of H-pyrrole nitrogens is 1. The van der Waals surface area contributed by atoms with Gasteiger partial charge in [0.2, 0.25) is 0 Å². The van der Waals surface area contributed by atoms with Crippen LogP contribution in [0.15, 0.2) is 10.9 Å². The largest absolute Gasteiger partial charge is 0.466 e. The van der Waals surface area contributed by atoms with Crippen LogP contribution in [-0.2, 0) is 16.0 Å². The number of pyridine rings is 1. The molecular formula is C10H10ClF2NO3. The van der Waals surface area contributed by atoms with Crippen molar-refractivity contribution in [2.45, 2.75) is 19.8 Å². The molecule has 1 aromatic rings. The summed E-state index contributed by atoms with van der Waals surface area (Å²) in [4.78, 5) is 24.8. The third-order valence-electron chi connectivity index (χ3n) is 1.98. The van der Waals surface area contributed by atoms with Gasteiger partial charge < -0.3 is 9.72 Å². The van der Waals surface area contributed by atoms with E-state index in [1.807, 2.05) is 0 Å². The zero-order valence-corrected chi connectivity index (χ0v) is 9.68. The molecule has 0 amide bonds. The number of ether oxygens (including phenoxy) is 1. The van der Waals surface area contributed by atoms with Crippen LogP contribution < -0.4 is 5.43 Å². The molecule has 0 atom stereocenters. The van der Waals surface area contributed by atoms with E-state index in [-0.39, 0.29) is 17.3 Å². The minimum atomic E-state index is -2.91. The molecule has 0 radical (unpaired) electrons. The van der Waals surface area contributed by atoms with Gasteiger partial charge in [0.1, 0.15) is 5.15 Å². The molecular weight excluding hydrogens is 256 g/mol. The predicted molar refractivity (Wildman–Crippen MR) is 57.4 cm³/mol. The summed E-state index contributed by atoms with van der Waals surface area (Å²) in [5.74, 6) is -0.734. The van der Waals surface area contributed by atoms with Crippen molar-refractivity contribution in [3.63, 3.8) is 0 Å². The van der Waals surface area contributed by atoms with Gasteiger partial charge in [-0.05, 0) is 6.92 Å². The highest BCUT2D eigenvalue weighted by atomic mass is 35.5. The Morgan fingerprint density at radius 3 is 2.76 bits per heavy atom. The van der Waals surface area contributed by atoms with Gasteiger partial charge in [-0.2, -0.15) is 0 Å². The van der Waals surface area contributed by atoms with E-state index in [9.17, 15) is 18.4 Å². The SMILES string of the molecule is CCOC(=O)Cc1c(C(F)F)[nH]c(Cl)cc1=O. The number of carbonyl (C=O) groups excluding carboxylic acids is 1. The number of alkyl halides is 2. The number of aromatic nitrogens is 1. The third kappa shape index (κ3) is 3.52. The molecule has 0 aliphatic carbocycles. The third-order valence-corrected chi connectivity index (χ3v) is 2.18. The number of hydrogen-bond acceptors (Lipinski definition) is 3. The molecule has 0 bridgehead atoms. The quantitative estimate of drug-likeness (QED) is 0.670. The summed E-state index contributed by atoms with van der Waals surface area (Å²) in [7, 11) is 0. The van der Waals surface area contributed by atoms with E-state index < -0.39 is 29.9 Å². The van der Waals surface area contributed by atoms with Crippen LogP contribution in [0.5, 0.6) is 0 Å². The summed E-state index contributed by atoms with van der Waals surface area (Å²) in [6, 6.07) is 0.946. The molecule has 1 aromatic heterocycles. The minimum absolute atomic E-state index is 0.119. The Balaban J connectivity index is 3.13. The van der Waals surface area contributed by atoms with Crippen LogP contribution in [0.3, 0.4) is 0 Å². The summed E-state index contributed by atoms with van der Waals surface area (Å²) < 4.78 is 29.9. The van der Waals surface area contributed by atoms with Crippen LogP contribution in [0.2, 0.25) is 5.15 Å². The van der Waals surface area contributed by atoms with Crippen LogP contribution in [0.1, 0.15) is 24.6 Å². The van der Waals surface area contributed by atoms with Crippen LogP contribution in [0.4, 0.5) is 8.78 Å². The van der Waals surface area contributed by atoms with E-state index in [1.54, 1.807) is 6.92 Å². The molecule has 0 aromatic carbocycles. The number of halogens is 3. The fourth-order valence-electron chi connectivity index (χ4n) is 1.30. The standard InChI is InChI=1S/C10H10ClF2NO3/c1-2-17-8(16)3-5-6(15)4-7(11)14-9(5)10(12)13/h4,10H,2-3H2,1H3,(H,14,15). The predicted octanol–water partition coefficient (Wildman–Crippen LogP) is 2.07. The van der Waals surface area contributed by atoms with E-state index in [1.165, 1.54) is 0 Å². The van der Waals surface area contributed by atoms with Crippen molar-refractivity contribution in [3.05, 3.63) is 32.7 Å². The molecule has 0 spiro atoms. The van der Waals surface area contributed by atoms with Crippen LogP contribution in [0, 0.1) is 0 Å². The molecule has 4 nitrogen and oxygen atoms in total. The summed E-state index contributed by atoms with van der Waals surface area (Å²) in [5, 5.41) is -0.196. The fraction of sp³-hybridized carbons (Fsp3) is 0.400. The van der Waals surface area contributed by atoms with Crippen molar-refractivity contribution in [2.24, 2.45) is 0 Å². The van der Waals surface area contributed by atoms with Gasteiger partial charge >= 0.3 is 5.97 Å². The lowest BCUT2D eigenvalue weighted by Gasteiger charge is -2.08. The number of aromatic amines is 1. The van der Waals surface area contributed by atoms with Gasteiger partial charge in [0.25, 0.3) is 6.43 Å². The monoisotopic (exact) mass is 265 g/mol. The lowest BCUT2D eigenvalue weighted by atomic mass is 10.1. The van der Waals surface area contributed by atoms with E-state index in [0.29, 0.717) is 0 Å². The second kappa shape index (κ2) is 5.77. The van der Waals surface area contributed by atoms with Crippen LogP contribution in [0.25, 0.3) is 0 Å². The summed E-state index contributed by atoms with van der Waals surface area (Å²) in [6.07, 6.45) is -3.41. The minimum Gasteiger partial charge on any atom is -0.466 e. The van der Waals surface area contributed by atoms with Gasteiger partial charge in [-0.25, -0.2) is 8.78 Å². The molecule has 1 N–H and O–H groups in total. The van der Waals surface area contributed by atoms with Crippen LogP contribution >= 0.6 is 11.6 Å². The van der Waals surface area contributed by atoms with Gasteiger partial charge in [-0.3, -0.25) is 9.59 Å². The first kappa shape index (κ1) is 13.6. The van der Waals surface area contributed by atoms with E-state index >= 15 is 0 Å². The highest BCUT2D eigenvalue weighted by Gasteiger charge is 2.20. The maximum Gasteiger partial charge on any atom is 0.310 e. The lowest BCUT2D eigenvalue weighted by molar-refractivity contribution is -0.142. The van der Waals surface area contributed by atoms with Crippen molar-refractivity contribution in [1.82, 2.24) is 4.98 Å². The Hall–Kier alpha value is -1.43. The Kier molecular flexibility index (Phi) is 4.62. The van der Waals surface area contributed by atoms with Crippen molar-refractivity contribution >= 4 is 17.6 Å². The summed E-state index contributed by atoms with van der Waals surface area (Å²) in [5.41, 5.74) is -1.67. The van der Waals surface area contributed by atoms with Gasteiger partial charge in [-0.15, -0.1) is 0 Å². The average molecular weight is 266 g/mol. The fourth-order valence-corrected chi connectivity index (χ4v) is 1.50. The maximum absolute atomic E-state index is 12.6. The average Bonchev–Trinajstić information content (AvgIpc) is 2.21. The van der Waals surface area contributed by atoms with Gasteiger partial charge in [-0.1, -0.05) is 11.6 Å². The second-order valence-electron chi connectivity index (χ2n) is 3.16. The summed E-state index contributed by atoms with van der Waals surface area (Å²) in [6.45, 7) is 1.70. The molecule has 1 rings (SSSR count). The smallest absolute Gasteiger partial charge is 0.310 e. The van der Waals surface area contributed by atoms with Gasteiger partial charge in [0.05, 0.1) is 18.7 Å². The zero-order valence-electron chi connectivity index (χ0n) is 8.93. The van der Waals surface area contributed by atoms with Gasteiger partial charge in [0.15, 0.2) is 5.43 Å². The number of esters is 1. The molecule has 0 saturated heterocycles. The van der Waals surface area contributed by atoms with Crippen molar-refractivity contribution in [1.29, 1.82) is 0 Å². The molecule has 0 unspecified atom stereocenters. The molecule has 0 saturated carbocycles. The normalized spacial score (nSPS) is 10.6. The Bertz CT molecular complexity index is 473. The topological polar surface area (TPSA) is 59.2 Å². The molecule has 7 heteroatoms. The Morgan fingerprint density at radius 1 is 1.59 bits per heavy atom. The molecule has 17 heavy (non-hydrogen) atoms. The molecule has 0 aliphatic rings. The zero-order chi connectivity index (χ0) is 13.0. The van der Waals surface area contributed by atoms with E-state index in [4.69, 9.17) is 11.6 Å². The number of nitrogens with one attached hydrogen (secondary N) is 1. The Morgan fingerprint density at radius 2 is 2.24 bits per heavy atom.